The van der Waals surface area contributed by atoms with Gasteiger partial charge in [-0.3, -0.25) is 9.59 Å². The number of methoxy groups -OCH3 is 1. The Kier molecular flexibility index (Phi) is 4.60. The Morgan fingerprint density at radius 2 is 2.08 bits per heavy atom. The summed E-state index contributed by atoms with van der Waals surface area (Å²) in [6.07, 6.45) is -0.243. The Morgan fingerprint density at radius 1 is 1.32 bits per heavy atom. The van der Waals surface area contributed by atoms with E-state index in [9.17, 15) is 19.5 Å². The van der Waals surface area contributed by atoms with Gasteiger partial charge in [0.15, 0.2) is 0 Å². The average Bonchev–Trinajstić information content (AvgIpc) is 3.03. The van der Waals surface area contributed by atoms with Crippen LogP contribution in [0, 0.1) is 5.92 Å². The lowest BCUT2D eigenvalue weighted by molar-refractivity contribution is -0.128. The maximum Gasteiger partial charge on any atom is 0.341 e. The van der Waals surface area contributed by atoms with Crippen LogP contribution < -0.4 is 21.5 Å². The first-order valence-corrected chi connectivity index (χ1v) is 7.89. The lowest BCUT2D eigenvalue weighted by Gasteiger charge is -2.35. The number of nitrogens with one attached hydrogen (secondary N) is 4. The first kappa shape index (κ1) is 17.2. The Morgan fingerprint density at radius 3 is 2.76 bits per heavy atom. The average molecular weight is 348 g/mol. The molecule has 4 unspecified atom stereocenters. The van der Waals surface area contributed by atoms with Gasteiger partial charge in [0.05, 0.1) is 13.3 Å². The smallest absolute Gasteiger partial charge is 0.341 e. The number of esters is 1. The van der Waals surface area contributed by atoms with Crippen molar-refractivity contribution < 1.29 is 24.2 Å². The molecule has 9 heteroatoms. The van der Waals surface area contributed by atoms with Gasteiger partial charge in [0, 0.05) is 25.3 Å². The van der Waals surface area contributed by atoms with Crippen molar-refractivity contribution in [2.45, 2.75) is 24.5 Å². The number of phenolic OH excluding ortho intramolecular Hbond substituents is 1. The molecule has 2 aliphatic rings. The van der Waals surface area contributed by atoms with E-state index in [1.807, 2.05) is 0 Å². The van der Waals surface area contributed by atoms with Crippen LogP contribution in [0.1, 0.15) is 28.3 Å². The number of aromatic hydroxyl groups is 1. The number of benzene rings is 1. The third-order valence-corrected chi connectivity index (χ3v) is 4.73. The fraction of sp³-hybridized carbons (Fsp3) is 0.438. The molecular weight excluding hydrogens is 328 g/mol. The monoisotopic (exact) mass is 348 g/mol. The van der Waals surface area contributed by atoms with E-state index in [1.54, 1.807) is 13.1 Å². The van der Waals surface area contributed by atoms with E-state index < -0.39 is 18.2 Å². The largest absolute Gasteiger partial charge is 0.507 e. The van der Waals surface area contributed by atoms with Crippen molar-refractivity contribution in [3.63, 3.8) is 0 Å². The van der Waals surface area contributed by atoms with Gasteiger partial charge in [0.2, 0.25) is 11.8 Å². The number of rotatable bonds is 3. The van der Waals surface area contributed by atoms with Crippen molar-refractivity contribution in [1.82, 2.24) is 21.5 Å². The number of hydrogen-bond donors (Lipinski definition) is 5. The standard InChI is InChI=1S/C16H20N4O5/c1-17-15(23)13-12-8(6-11(22)18-14(12)20-19-13)7-3-4-10(21)9(5-7)16(24)25-2/h3-5,8,12-14,19-21H,6H2,1-2H3,(H,17,23)(H,18,22). The lowest BCUT2D eigenvalue weighted by atomic mass is 9.75. The molecule has 1 aromatic carbocycles. The molecule has 1 aromatic rings. The molecule has 2 saturated heterocycles. The summed E-state index contributed by atoms with van der Waals surface area (Å²) in [6.45, 7) is 0. The van der Waals surface area contributed by atoms with Gasteiger partial charge in [-0.25, -0.2) is 15.6 Å². The van der Waals surface area contributed by atoms with Crippen molar-refractivity contribution in [2.75, 3.05) is 14.2 Å². The number of amides is 2. The molecule has 2 fully saturated rings. The van der Waals surface area contributed by atoms with E-state index in [4.69, 9.17) is 0 Å². The molecule has 3 rings (SSSR count). The third-order valence-electron chi connectivity index (χ3n) is 4.73. The second-order valence-corrected chi connectivity index (χ2v) is 6.08. The summed E-state index contributed by atoms with van der Waals surface area (Å²) in [5.41, 5.74) is 6.55. The van der Waals surface area contributed by atoms with E-state index in [2.05, 4.69) is 26.2 Å². The summed E-state index contributed by atoms with van der Waals surface area (Å²) in [7, 11) is 2.77. The number of piperidine rings is 1. The van der Waals surface area contributed by atoms with E-state index in [0.717, 1.165) is 0 Å². The minimum Gasteiger partial charge on any atom is -0.507 e. The number of hydrazine groups is 1. The SMILES string of the molecule is CNC(=O)C1NNC2NC(=O)CC(c3ccc(O)c(C(=O)OC)c3)C21. The molecule has 134 valence electrons. The molecule has 25 heavy (non-hydrogen) atoms. The lowest BCUT2D eigenvalue weighted by Crippen LogP contribution is -2.53. The number of likely N-dealkylation sites (N-methyl/N-ethyl adjacent to an activating group) is 1. The highest BCUT2D eigenvalue weighted by Crippen LogP contribution is 2.38. The van der Waals surface area contributed by atoms with Gasteiger partial charge in [0.1, 0.15) is 17.4 Å². The van der Waals surface area contributed by atoms with Crippen molar-refractivity contribution in [2.24, 2.45) is 5.92 Å². The van der Waals surface area contributed by atoms with Crippen LogP contribution in [0.4, 0.5) is 0 Å². The van der Waals surface area contributed by atoms with Crippen LogP contribution in [-0.4, -0.2) is 49.3 Å². The molecule has 4 atom stereocenters. The van der Waals surface area contributed by atoms with Gasteiger partial charge in [0.25, 0.3) is 0 Å². The first-order chi connectivity index (χ1) is 12.0. The topological polar surface area (TPSA) is 129 Å². The van der Waals surface area contributed by atoms with Crippen LogP contribution >= 0.6 is 0 Å². The molecule has 9 nitrogen and oxygen atoms in total. The molecule has 2 aliphatic heterocycles. The normalized spacial score (nSPS) is 28.0. The molecular formula is C16H20N4O5. The molecule has 0 saturated carbocycles. The summed E-state index contributed by atoms with van der Waals surface area (Å²) in [5.74, 6) is -1.79. The maximum atomic E-state index is 12.2. The second kappa shape index (κ2) is 6.69. The second-order valence-electron chi connectivity index (χ2n) is 6.08. The number of fused-ring (bicyclic) bond motifs is 1. The van der Waals surface area contributed by atoms with Gasteiger partial charge in [-0.2, -0.15) is 0 Å². The molecule has 2 heterocycles. The van der Waals surface area contributed by atoms with Gasteiger partial charge in [-0.15, -0.1) is 0 Å². The van der Waals surface area contributed by atoms with E-state index in [0.29, 0.717) is 5.56 Å². The third kappa shape index (κ3) is 3.03. The zero-order valence-electron chi connectivity index (χ0n) is 13.8. The molecule has 5 N–H and O–H groups in total. The van der Waals surface area contributed by atoms with Crippen LogP contribution in [-0.2, 0) is 14.3 Å². The highest BCUT2D eigenvalue weighted by atomic mass is 16.5. The minimum atomic E-state index is -0.665. The molecule has 0 radical (unpaired) electrons. The van der Waals surface area contributed by atoms with Crippen LogP contribution in [0.15, 0.2) is 18.2 Å². The summed E-state index contributed by atoms with van der Waals surface area (Å²) >= 11 is 0. The zero-order valence-corrected chi connectivity index (χ0v) is 13.8. The Balaban J connectivity index is 2.00. The summed E-state index contributed by atoms with van der Waals surface area (Å²) in [6, 6.07) is 4.02. The molecule has 0 spiro atoms. The Hall–Kier alpha value is -2.65. The molecule has 0 aromatic heterocycles. The molecule has 0 bridgehead atoms. The van der Waals surface area contributed by atoms with Crippen molar-refractivity contribution >= 4 is 17.8 Å². The maximum absolute atomic E-state index is 12.2. The van der Waals surface area contributed by atoms with Crippen LogP contribution in [0.25, 0.3) is 0 Å². The van der Waals surface area contributed by atoms with Gasteiger partial charge >= 0.3 is 5.97 Å². The van der Waals surface area contributed by atoms with Crippen LogP contribution in [0.2, 0.25) is 0 Å². The number of phenols is 1. The van der Waals surface area contributed by atoms with E-state index in [-0.39, 0.29) is 41.4 Å². The number of hydrogen-bond acceptors (Lipinski definition) is 7. The molecule has 0 aliphatic carbocycles. The highest BCUT2D eigenvalue weighted by Gasteiger charge is 2.48. The van der Waals surface area contributed by atoms with Crippen molar-refractivity contribution in [1.29, 1.82) is 0 Å². The Labute approximate surface area is 144 Å². The zero-order chi connectivity index (χ0) is 18.1. The fourth-order valence-electron chi connectivity index (χ4n) is 3.52. The number of ether oxygens (including phenoxy) is 1. The van der Waals surface area contributed by atoms with E-state index >= 15 is 0 Å². The van der Waals surface area contributed by atoms with Gasteiger partial charge in [-0.1, -0.05) is 6.07 Å². The Bertz CT molecular complexity index is 722. The quantitative estimate of drug-likeness (QED) is 0.441. The summed E-state index contributed by atoms with van der Waals surface area (Å²) < 4.78 is 4.68. The van der Waals surface area contributed by atoms with Crippen LogP contribution in [0.3, 0.4) is 0 Å². The number of carbonyl (C=O) groups excluding carboxylic acids is 3. The van der Waals surface area contributed by atoms with Gasteiger partial charge < -0.3 is 20.5 Å². The van der Waals surface area contributed by atoms with Gasteiger partial charge in [-0.05, 0) is 17.7 Å². The van der Waals surface area contributed by atoms with Crippen molar-refractivity contribution in [3.05, 3.63) is 29.3 Å². The molecule has 2 amide bonds. The first-order valence-electron chi connectivity index (χ1n) is 7.89. The summed E-state index contributed by atoms with van der Waals surface area (Å²) in [5, 5.41) is 15.3. The van der Waals surface area contributed by atoms with Crippen molar-refractivity contribution in [3.8, 4) is 5.75 Å². The predicted molar refractivity (Wildman–Crippen MR) is 86.4 cm³/mol. The minimum absolute atomic E-state index is 0.0259. The fourth-order valence-corrected chi connectivity index (χ4v) is 3.52. The van der Waals surface area contributed by atoms with Crippen LogP contribution in [0.5, 0.6) is 5.75 Å². The highest BCUT2D eigenvalue weighted by molar-refractivity contribution is 5.92. The predicted octanol–water partition coefficient (Wildman–Crippen LogP) is -1.05. The number of carbonyl (C=O) groups is 3. The van der Waals surface area contributed by atoms with E-state index in [1.165, 1.54) is 19.2 Å². The summed E-state index contributed by atoms with van der Waals surface area (Å²) in [4.78, 5) is 36.0.